The van der Waals surface area contributed by atoms with Gasteiger partial charge in [0.25, 0.3) is 0 Å². The SMILES string of the molecule is CCCCCC1C=CC(CCCCCC(C(=O)[O-])C(O)C2CCC3C(CC4CC[NH2+]C(N)C4)C(C[NH2+]CC)CC3(O)C2)C(O)C1. The number of carbonyl (C=O) groups excluding carboxylic acids is 1. The Bertz CT molecular complexity index is 918. The van der Waals surface area contributed by atoms with Gasteiger partial charge in [-0.25, -0.2) is 0 Å². The van der Waals surface area contributed by atoms with Crippen molar-refractivity contribution >= 4 is 5.97 Å². The molecule has 0 aromatic carbocycles. The number of aliphatic hydroxyl groups is 3. The van der Waals surface area contributed by atoms with Crippen molar-refractivity contribution in [2.24, 2.45) is 53.1 Å². The van der Waals surface area contributed by atoms with Crippen LogP contribution in [0.25, 0.3) is 0 Å². The molecule has 0 spiro atoms. The van der Waals surface area contributed by atoms with E-state index in [9.17, 15) is 25.2 Å². The molecular formula is C37H68N3O5+. The molecule has 1 saturated heterocycles. The van der Waals surface area contributed by atoms with Gasteiger partial charge in [-0.1, -0.05) is 57.6 Å². The topological polar surface area (TPSA) is 160 Å². The average Bonchev–Trinajstić information content (AvgIpc) is 3.28. The van der Waals surface area contributed by atoms with Crippen molar-refractivity contribution < 1.29 is 35.9 Å². The zero-order valence-corrected chi connectivity index (χ0v) is 28.5. The summed E-state index contributed by atoms with van der Waals surface area (Å²) in [6.45, 7) is 7.52. The van der Waals surface area contributed by atoms with Crippen LogP contribution in [0.3, 0.4) is 0 Å². The van der Waals surface area contributed by atoms with E-state index in [0.29, 0.717) is 36.5 Å². The normalized spacial score (nSPS) is 38.1. The maximum absolute atomic E-state index is 12.2. The van der Waals surface area contributed by atoms with Crippen molar-refractivity contribution in [1.82, 2.24) is 0 Å². The highest BCUT2D eigenvalue weighted by Gasteiger charge is 2.56. The third-order valence-corrected chi connectivity index (χ3v) is 12.5. The van der Waals surface area contributed by atoms with E-state index in [0.717, 1.165) is 90.3 Å². The number of fused-ring (bicyclic) bond motifs is 1. The summed E-state index contributed by atoms with van der Waals surface area (Å²) in [5.74, 6) is 0.135. The first-order chi connectivity index (χ1) is 21.6. The fourth-order valence-electron chi connectivity index (χ4n) is 10.0. The fraction of sp³-hybridized carbons (Fsp3) is 0.919. The van der Waals surface area contributed by atoms with Gasteiger partial charge in [0.2, 0.25) is 0 Å². The number of hydrogen-bond donors (Lipinski definition) is 6. The molecular weight excluding hydrogens is 566 g/mol. The fourth-order valence-corrected chi connectivity index (χ4v) is 10.0. The summed E-state index contributed by atoms with van der Waals surface area (Å²) in [6.07, 6.45) is 19.2. The summed E-state index contributed by atoms with van der Waals surface area (Å²) in [5.41, 5.74) is 5.45. The molecule has 12 atom stereocenters. The number of carboxylic acids is 1. The molecule has 12 unspecified atom stereocenters. The number of nitrogens with two attached hydrogens (primary N) is 3. The van der Waals surface area contributed by atoms with Crippen molar-refractivity contribution in [2.75, 3.05) is 19.6 Å². The molecule has 4 rings (SSSR count). The Morgan fingerprint density at radius 2 is 1.87 bits per heavy atom. The van der Waals surface area contributed by atoms with Gasteiger partial charge in [-0.3, -0.25) is 5.73 Å². The van der Waals surface area contributed by atoms with Crippen LogP contribution in [0.1, 0.15) is 123 Å². The quantitative estimate of drug-likeness (QED) is 0.0997. The zero-order valence-electron chi connectivity index (χ0n) is 28.5. The van der Waals surface area contributed by atoms with Crippen LogP contribution < -0.4 is 21.5 Å². The van der Waals surface area contributed by atoms with Crippen molar-refractivity contribution in [2.45, 2.75) is 147 Å². The van der Waals surface area contributed by atoms with E-state index < -0.39 is 23.6 Å². The molecule has 0 amide bonds. The third-order valence-electron chi connectivity index (χ3n) is 12.5. The van der Waals surface area contributed by atoms with Crippen LogP contribution in [0.2, 0.25) is 0 Å². The van der Waals surface area contributed by atoms with Gasteiger partial charge >= 0.3 is 0 Å². The predicted molar refractivity (Wildman–Crippen MR) is 175 cm³/mol. The first-order valence-corrected chi connectivity index (χ1v) is 19.0. The van der Waals surface area contributed by atoms with E-state index in [2.05, 4.69) is 36.6 Å². The Kier molecular flexibility index (Phi) is 14.7. The van der Waals surface area contributed by atoms with Gasteiger partial charge < -0.3 is 35.9 Å². The van der Waals surface area contributed by atoms with Crippen molar-refractivity contribution in [1.29, 1.82) is 0 Å². The number of aliphatic carboxylic acids is 1. The molecule has 3 fully saturated rings. The molecule has 0 bridgehead atoms. The molecule has 3 aliphatic carbocycles. The highest BCUT2D eigenvalue weighted by molar-refractivity contribution is 5.68. The van der Waals surface area contributed by atoms with Gasteiger partial charge in [0.05, 0.1) is 37.4 Å². The maximum atomic E-state index is 12.2. The molecule has 45 heavy (non-hydrogen) atoms. The number of piperidine rings is 1. The Morgan fingerprint density at radius 1 is 1.07 bits per heavy atom. The van der Waals surface area contributed by atoms with Crippen molar-refractivity contribution in [3.63, 3.8) is 0 Å². The Labute approximate surface area is 273 Å². The first-order valence-electron chi connectivity index (χ1n) is 19.0. The number of quaternary nitrogens is 2. The molecule has 260 valence electrons. The maximum Gasteiger partial charge on any atom is 0.137 e. The van der Waals surface area contributed by atoms with Gasteiger partial charge in [-0.2, -0.15) is 0 Å². The minimum atomic E-state index is -1.17. The molecule has 1 heterocycles. The minimum Gasteiger partial charge on any atom is -0.550 e. The number of hydrogen-bond acceptors (Lipinski definition) is 6. The second-order valence-corrected chi connectivity index (χ2v) is 15.8. The molecule has 4 aliphatic rings. The van der Waals surface area contributed by atoms with Crippen LogP contribution >= 0.6 is 0 Å². The number of rotatable bonds is 18. The second-order valence-electron chi connectivity index (χ2n) is 15.8. The van der Waals surface area contributed by atoms with Crippen LogP contribution in [-0.4, -0.2) is 64.9 Å². The smallest absolute Gasteiger partial charge is 0.137 e. The molecule has 0 aromatic rings. The Morgan fingerprint density at radius 3 is 2.58 bits per heavy atom. The van der Waals surface area contributed by atoms with Gasteiger partial charge in [0.15, 0.2) is 0 Å². The lowest BCUT2D eigenvalue weighted by Crippen LogP contribution is -2.94. The average molecular weight is 635 g/mol. The molecule has 0 aromatic heterocycles. The van der Waals surface area contributed by atoms with Crippen molar-refractivity contribution in [3.8, 4) is 0 Å². The largest absolute Gasteiger partial charge is 0.550 e. The van der Waals surface area contributed by atoms with Gasteiger partial charge in [0.1, 0.15) is 6.17 Å². The summed E-state index contributed by atoms with van der Waals surface area (Å²) < 4.78 is 0. The van der Waals surface area contributed by atoms with Gasteiger partial charge in [-0.15, -0.1) is 0 Å². The summed E-state index contributed by atoms with van der Waals surface area (Å²) in [6, 6.07) is 0. The second kappa shape index (κ2) is 17.9. The van der Waals surface area contributed by atoms with E-state index in [1.165, 1.54) is 25.7 Å². The number of allylic oxidation sites excluding steroid dienone is 1. The highest BCUT2D eigenvalue weighted by atomic mass is 16.4. The van der Waals surface area contributed by atoms with Crippen LogP contribution in [-0.2, 0) is 4.79 Å². The summed E-state index contributed by atoms with van der Waals surface area (Å²) in [5, 5.41) is 51.0. The third kappa shape index (κ3) is 10.2. The molecule has 0 radical (unpaired) electrons. The van der Waals surface area contributed by atoms with E-state index in [1.807, 2.05) is 0 Å². The van der Waals surface area contributed by atoms with E-state index in [1.54, 1.807) is 0 Å². The molecule has 1 aliphatic heterocycles. The lowest BCUT2D eigenvalue weighted by atomic mass is 9.66. The number of unbranched alkanes of at least 4 members (excludes halogenated alkanes) is 4. The van der Waals surface area contributed by atoms with E-state index >= 15 is 0 Å². The monoisotopic (exact) mass is 635 g/mol. The van der Waals surface area contributed by atoms with Crippen LogP contribution in [0.5, 0.6) is 0 Å². The number of carboxylic acid groups (broad SMARTS) is 1. The van der Waals surface area contributed by atoms with E-state index in [-0.39, 0.29) is 30.0 Å². The molecule has 8 nitrogen and oxygen atoms in total. The number of aliphatic hydroxyl groups excluding tert-OH is 2. The van der Waals surface area contributed by atoms with Crippen LogP contribution in [0.15, 0.2) is 12.2 Å². The van der Waals surface area contributed by atoms with Gasteiger partial charge in [-0.05, 0) is 101 Å². The first kappa shape index (κ1) is 36.8. The molecule has 9 N–H and O–H groups in total. The number of carbonyl (C=O) groups is 1. The highest BCUT2D eigenvalue weighted by Crippen LogP contribution is 2.55. The molecule has 8 heteroatoms. The summed E-state index contributed by atoms with van der Waals surface area (Å²) in [7, 11) is 0. The standard InChI is InChI=1S/C37H67N3O5/c1-3-5-7-10-25-13-14-27(33(41)20-25)11-8-6-9-12-30(36(43)44)35(42)28-15-16-32-31(19-26-17-18-40-34(38)21-26)29(24-39-4-2)23-37(32,45)22-28/h13-14,25-35,39-42,45H,3-12,15-24,38H2,1-2H3,(H,43,44)/p+1. The molecule has 2 saturated carbocycles. The predicted octanol–water partition coefficient (Wildman–Crippen LogP) is 1.81. The lowest BCUT2D eigenvalue weighted by molar-refractivity contribution is -0.699. The Balaban J connectivity index is 1.26. The summed E-state index contributed by atoms with van der Waals surface area (Å²) in [4.78, 5) is 12.2. The lowest BCUT2D eigenvalue weighted by Gasteiger charge is -2.44. The minimum absolute atomic E-state index is 0.181. The van der Waals surface area contributed by atoms with Gasteiger partial charge in [0, 0.05) is 30.1 Å². The van der Waals surface area contributed by atoms with E-state index in [4.69, 9.17) is 5.73 Å². The van der Waals surface area contributed by atoms with Crippen LogP contribution in [0.4, 0.5) is 0 Å². The van der Waals surface area contributed by atoms with Crippen LogP contribution in [0, 0.1) is 47.3 Å². The Hall–Kier alpha value is -1.03. The summed E-state index contributed by atoms with van der Waals surface area (Å²) >= 11 is 0. The zero-order chi connectivity index (χ0) is 32.4. The van der Waals surface area contributed by atoms with Crippen molar-refractivity contribution in [3.05, 3.63) is 12.2 Å².